The van der Waals surface area contributed by atoms with Crippen LogP contribution < -0.4 is 4.74 Å². The molecule has 1 aliphatic rings. The summed E-state index contributed by atoms with van der Waals surface area (Å²) in [6, 6.07) is 1.46. The first-order chi connectivity index (χ1) is 11.3. The highest BCUT2D eigenvalue weighted by atomic mass is 35.5. The molecule has 0 radical (unpaired) electrons. The van der Waals surface area contributed by atoms with Gasteiger partial charge in [0, 0.05) is 6.07 Å². The highest BCUT2D eigenvalue weighted by molar-refractivity contribution is 8.45. The summed E-state index contributed by atoms with van der Waals surface area (Å²) in [4.78, 5) is 9.94. The molecule has 0 unspecified atom stereocenters. The van der Waals surface area contributed by atoms with Gasteiger partial charge in [0.1, 0.15) is 10.6 Å². The van der Waals surface area contributed by atoms with Crippen LogP contribution in [-0.4, -0.2) is 5.97 Å². The number of hydrogen-bond acceptors (Lipinski definition) is 2. The second kappa shape index (κ2) is 6.30. The molecule has 9 heteroatoms. The summed E-state index contributed by atoms with van der Waals surface area (Å²) in [6.45, 7) is 2.10. The molecule has 1 aliphatic carbocycles. The number of hydrogen-bond donors (Lipinski definition) is 0. The summed E-state index contributed by atoms with van der Waals surface area (Å²) in [7, 11) is -9.87. The summed E-state index contributed by atoms with van der Waals surface area (Å²) in [5, 5.41) is -1.18. The monoisotopic (exact) mass is 406 g/mol. The van der Waals surface area contributed by atoms with Gasteiger partial charge in [-0.05, 0) is 43.7 Å². The maximum Gasteiger partial charge on any atom is 0.314 e. The van der Waals surface area contributed by atoms with Crippen LogP contribution in [0.25, 0.3) is 0 Å². The average Bonchev–Trinajstić information content (AvgIpc) is 2.45. The van der Waals surface area contributed by atoms with Gasteiger partial charge in [-0.1, -0.05) is 50.8 Å². The third kappa shape index (κ3) is 5.48. The van der Waals surface area contributed by atoms with Gasteiger partial charge in [0.2, 0.25) is 0 Å². The first-order valence-electron chi connectivity index (χ1n) is 8.05. The summed E-state index contributed by atoms with van der Waals surface area (Å²) >= 11 is 5.35. The Morgan fingerprint density at radius 1 is 1.16 bits per heavy atom. The van der Waals surface area contributed by atoms with Crippen LogP contribution in [-0.2, 0) is 4.79 Å². The van der Waals surface area contributed by atoms with E-state index in [0.717, 1.165) is 25.7 Å². The lowest BCUT2D eigenvalue weighted by Gasteiger charge is -2.41. The summed E-state index contributed by atoms with van der Waals surface area (Å²) in [5.41, 5.74) is 0. The fourth-order valence-corrected chi connectivity index (χ4v) is 4.51. The van der Waals surface area contributed by atoms with Crippen LogP contribution in [0.2, 0.25) is 5.02 Å². The molecule has 1 saturated carbocycles. The lowest BCUT2D eigenvalue weighted by molar-refractivity contribution is -0.140. The van der Waals surface area contributed by atoms with Crippen molar-refractivity contribution < 1.29 is 29.0 Å². The molecule has 1 fully saturated rings. The Kier molecular flexibility index (Phi) is 5.11. The molecule has 0 bridgehead atoms. The van der Waals surface area contributed by atoms with Crippen molar-refractivity contribution in [2.45, 2.75) is 50.3 Å². The molecule has 0 aromatic heterocycles. The van der Waals surface area contributed by atoms with E-state index in [1.165, 1.54) is 0 Å². The van der Waals surface area contributed by atoms with Gasteiger partial charge in [-0.25, -0.2) is 0 Å². The molecule has 0 amide bonds. The van der Waals surface area contributed by atoms with Crippen molar-refractivity contribution in [2.75, 3.05) is 0 Å². The van der Waals surface area contributed by atoms with Crippen molar-refractivity contribution in [3.63, 3.8) is 0 Å². The number of rotatable bonds is 5. The van der Waals surface area contributed by atoms with Gasteiger partial charge in [-0.15, -0.1) is 0 Å². The quantitative estimate of drug-likeness (QED) is 0.287. The minimum atomic E-state index is -9.87. The summed E-state index contributed by atoms with van der Waals surface area (Å²) in [6.07, 6.45) is 5.29. The molecule has 144 valence electrons. The zero-order valence-corrected chi connectivity index (χ0v) is 15.2. The minimum absolute atomic E-state index is 0.157. The van der Waals surface area contributed by atoms with Gasteiger partial charge >= 0.3 is 16.2 Å². The molecule has 1 aromatic carbocycles. The Labute approximate surface area is 148 Å². The first kappa shape index (κ1) is 20.3. The number of benzene rings is 1. The fraction of sp³-hybridized carbons (Fsp3) is 0.562. The van der Waals surface area contributed by atoms with Gasteiger partial charge in [-0.3, -0.25) is 4.79 Å². The van der Waals surface area contributed by atoms with Gasteiger partial charge in [0.15, 0.2) is 0 Å². The average molecular weight is 407 g/mol. The molecular formula is C16H20ClF5O2S. The molecule has 0 aliphatic heterocycles. The maximum atomic E-state index is 12.8. The summed E-state index contributed by atoms with van der Waals surface area (Å²) < 4.78 is 69.0. The van der Waals surface area contributed by atoms with E-state index in [9.17, 15) is 24.2 Å². The molecule has 0 saturated heterocycles. The van der Waals surface area contributed by atoms with E-state index in [1.807, 2.05) is 0 Å². The second-order valence-electron chi connectivity index (χ2n) is 6.49. The van der Waals surface area contributed by atoms with Gasteiger partial charge < -0.3 is 4.74 Å². The second-order valence-corrected chi connectivity index (χ2v) is 9.27. The number of ether oxygens (including phenoxy) is 1. The maximum absolute atomic E-state index is 12.8. The molecule has 0 heterocycles. The molecule has 0 spiro atoms. The fourth-order valence-electron chi connectivity index (χ4n) is 3.15. The van der Waals surface area contributed by atoms with Crippen LogP contribution in [0.1, 0.15) is 45.4 Å². The lowest BCUT2D eigenvalue weighted by atomic mass is 9.80. The number of carbonyl (C=O) groups is 1. The third-order valence-corrected chi connectivity index (χ3v) is 6.03. The SMILES string of the molecule is CCC[C@H]1CC[C@H](C(=O)Oc2ccc(S(F)(F)(F)(F)F)c(Cl)c2)CC1. The molecule has 1 aromatic rings. The largest absolute Gasteiger partial charge is 0.426 e. The van der Waals surface area contributed by atoms with Crippen LogP contribution in [0.5, 0.6) is 5.75 Å². The van der Waals surface area contributed by atoms with E-state index < -0.39 is 26.1 Å². The van der Waals surface area contributed by atoms with E-state index in [-0.39, 0.29) is 17.7 Å². The van der Waals surface area contributed by atoms with Gasteiger partial charge in [0.05, 0.1) is 10.9 Å². The molecule has 0 atom stereocenters. The molecule has 2 rings (SSSR count). The Bertz CT molecular complexity index is 654. The normalized spacial score (nSPS) is 24.3. The van der Waals surface area contributed by atoms with E-state index in [1.54, 1.807) is 0 Å². The van der Waals surface area contributed by atoms with E-state index in [2.05, 4.69) is 6.92 Å². The predicted octanol–water partition coefficient (Wildman–Crippen LogP) is 7.51. The van der Waals surface area contributed by atoms with Crippen LogP contribution in [0, 0.1) is 11.8 Å². The van der Waals surface area contributed by atoms with Crippen molar-refractivity contribution >= 4 is 27.8 Å². The van der Waals surface area contributed by atoms with E-state index >= 15 is 0 Å². The predicted molar refractivity (Wildman–Crippen MR) is 88.8 cm³/mol. The van der Waals surface area contributed by atoms with Crippen molar-refractivity contribution in [1.29, 1.82) is 0 Å². The van der Waals surface area contributed by atoms with Crippen LogP contribution in [0.3, 0.4) is 0 Å². The Morgan fingerprint density at radius 2 is 1.76 bits per heavy atom. The molecule has 25 heavy (non-hydrogen) atoms. The molecular weight excluding hydrogens is 387 g/mol. The van der Waals surface area contributed by atoms with Crippen LogP contribution in [0.15, 0.2) is 23.1 Å². The van der Waals surface area contributed by atoms with Crippen molar-refractivity contribution in [3.05, 3.63) is 23.2 Å². The highest BCUT2D eigenvalue weighted by Crippen LogP contribution is 3.02. The topological polar surface area (TPSA) is 26.3 Å². The van der Waals surface area contributed by atoms with Gasteiger partial charge in [-0.2, -0.15) is 0 Å². The zero-order valence-electron chi connectivity index (χ0n) is 13.6. The van der Waals surface area contributed by atoms with Crippen molar-refractivity contribution in [1.82, 2.24) is 0 Å². The van der Waals surface area contributed by atoms with Crippen LogP contribution in [0.4, 0.5) is 19.4 Å². The van der Waals surface area contributed by atoms with E-state index in [0.29, 0.717) is 30.9 Å². The number of esters is 1. The standard InChI is InChI=1S/C16H20ClF5O2S/c1-2-3-11-4-6-12(7-5-11)16(23)24-13-8-9-15(14(17)10-13)25(18,19,20,21)22/h8-12H,2-7H2,1H3/t11-,12-. The van der Waals surface area contributed by atoms with Crippen LogP contribution >= 0.6 is 21.8 Å². The summed E-state index contributed by atoms with van der Waals surface area (Å²) in [5.74, 6) is -0.579. The number of halogens is 6. The lowest BCUT2D eigenvalue weighted by Crippen LogP contribution is -2.25. The molecule has 2 nitrogen and oxygen atoms in total. The van der Waals surface area contributed by atoms with Crippen molar-refractivity contribution in [2.24, 2.45) is 11.8 Å². The zero-order chi connectivity index (χ0) is 18.9. The Hall–Kier alpha value is -1.02. The third-order valence-electron chi connectivity index (χ3n) is 4.41. The highest BCUT2D eigenvalue weighted by Gasteiger charge is 2.66. The van der Waals surface area contributed by atoms with E-state index in [4.69, 9.17) is 16.3 Å². The number of carbonyl (C=O) groups excluding carboxylic acids is 1. The molecule has 0 N–H and O–H groups in total. The van der Waals surface area contributed by atoms with Gasteiger partial charge in [0.25, 0.3) is 0 Å². The Balaban J connectivity index is 2.05. The van der Waals surface area contributed by atoms with Crippen molar-refractivity contribution in [3.8, 4) is 5.75 Å². The first-order valence-corrected chi connectivity index (χ1v) is 10.4. The minimum Gasteiger partial charge on any atom is -0.426 e. The smallest absolute Gasteiger partial charge is 0.314 e. The Morgan fingerprint density at radius 3 is 2.24 bits per heavy atom.